The van der Waals surface area contributed by atoms with E-state index in [1.807, 2.05) is 11.9 Å². The molecule has 0 aliphatic carbocycles. The Kier molecular flexibility index (Phi) is 4.81. The van der Waals surface area contributed by atoms with E-state index in [0.29, 0.717) is 30.3 Å². The van der Waals surface area contributed by atoms with E-state index >= 15 is 0 Å². The first-order chi connectivity index (χ1) is 9.54. The fourth-order valence-electron chi connectivity index (χ4n) is 1.74. The smallest absolute Gasteiger partial charge is 0.247 e. The second kappa shape index (κ2) is 6.58. The summed E-state index contributed by atoms with van der Waals surface area (Å²) in [7, 11) is 1.92. The number of hydrogen-bond acceptors (Lipinski definition) is 5. The number of aliphatic hydroxyl groups excluding tert-OH is 1. The second-order valence-corrected chi connectivity index (χ2v) is 4.88. The van der Waals surface area contributed by atoms with E-state index in [0.717, 1.165) is 6.54 Å². The van der Waals surface area contributed by atoms with Gasteiger partial charge in [-0.1, -0.05) is 0 Å². The summed E-state index contributed by atoms with van der Waals surface area (Å²) in [6, 6.07) is 5.91. The third-order valence-corrected chi connectivity index (χ3v) is 2.89. The van der Waals surface area contributed by atoms with Crippen LogP contribution in [0.15, 0.2) is 28.7 Å². The first kappa shape index (κ1) is 14.6. The van der Waals surface area contributed by atoms with Crippen LogP contribution in [-0.2, 0) is 6.54 Å². The van der Waals surface area contributed by atoms with Gasteiger partial charge in [-0.25, -0.2) is 4.39 Å². The molecule has 0 fully saturated rings. The van der Waals surface area contributed by atoms with Gasteiger partial charge >= 0.3 is 0 Å². The van der Waals surface area contributed by atoms with Crippen molar-refractivity contribution >= 4 is 0 Å². The van der Waals surface area contributed by atoms with Gasteiger partial charge in [0.2, 0.25) is 11.8 Å². The lowest BCUT2D eigenvalue weighted by Gasteiger charge is -2.14. The standard InChI is InChI=1S/C14H18FN3O2/c1-10(19)7-8-18(2)9-13-16-17-14(20-13)11-3-5-12(15)6-4-11/h3-6,10,19H,7-9H2,1-2H3. The summed E-state index contributed by atoms with van der Waals surface area (Å²) >= 11 is 0. The van der Waals surface area contributed by atoms with Gasteiger partial charge in [-0.2, -0.15) is 0 Å². The second-order valence-electron chi connectivity index (χ2n) is 4.88. The zero-order valence-electron chi connectivity index (χ0n) is 11.6. The Morgan fingerprint density at radius 1 is 1.30 bits per heavy atom. The minimum absolute atomic E-state index is 0.300. The van der Waals surface area contributed by atoms with Crippen molar-refractivity contribution in [2.45, 2.75) is 26.0 Å². The van der Waals surface area contributed by atoms with Crippen LogP contribution in [0.25, 0.3) is 11.5 Å². The van der Waals surface area contributed by atoms with Crippen LogP contribution in [-0.4, -0.2) is 39.9 Å². The molecule has 1 unspecified atom stereocenters. The predicted octanol–water partition coefficient (Wildman–Crippen LogP) is 2.08. The molecule has 0 saturated heterocycles. The molecule has 0 radical (unpaired) electrons. The van der Waals surface area contributed by atoms with E-state index in [1.54, 1.807) is 19.1 Å². The molecule has 20 heavy (non-hydrogen) atoms. The molecule has 0 spiro atoms. The Bertz CT molecular complexity index is 540. The van der Waals surface area contributed by atoms with Crippen LogP contribution in [0.5, 0.6) is 0 Å². The average Bonchev–Trinajstić information content (AvgIpc) is 2.85. The molecule has 0 aliphatic heterocycles. The van der Waals surface area contributed by atoms with Gasteiger partial charge in [0.25, 0.3) is 0 Å². The molecule has 0 amide bonds. The van der Waals surface area contributed by atoms with E-state index in [1.165, 1.54) is 12.1 Å². The molecule has 2 rings (SSSR count). The number of rotatable bonds is 6. The quantitative estimate of drug-likeness (QED) is 0.877. The van der Waals surface area contributed by atoms with Crippen molar-refractivity contribution in [3.05, 3.63) is 36.0 Å². The van der Waals surface area contributed by atoms with Crippen molar-refractivity contribution < 1.29 is 13.9 Å². The summed E-state index contributed by atoms with van der Waals surface area (Å²) in [5, 5.41) is 17.2. The van der Waals surface area contributed by atoms with Crippen LogP contribution >= 0.6 is 0 Å². The summed E-state index contributed by atoms with van der Waals surface area (Å²) in [6.45, 7) is 3.01. The van der Waals surface area contributed by atoms with Crippen molar-refractivity contribution in [1.82, 2.24) is 15.1 Å². The van der Waals surface area contributed by atoms with E-state index in [2.05, 4.69) is 10.2 Å². The highest BCUT2D eigenvalue weighted by molar-refractivity contribution is 5.51. The zero-order chi connectivity index (χ0) is 14.5. The van der Waals surface area contributed by atoms with E-state index in [-0.39, 0.29) is 11.9 Å². The molecule has 5 nitrogen and oxygen atoms in total. The predicted molar refractivity (Wildman–Crippen MR) is 72.3 cm³/mol. The molecule has 0 saturated carbocycles. The molecule has 1 N–H and O–H groups in total. The SMILES string of the molecule is CC(O)CCN(C)Cc1nnc(-c2ccc(F)cc2)o1. The van der Waals surface area contributed by atoms with Crippen LogP contribution in [0, 0.1) is 5.82 Å². The van der Waals surface area contributed by atoms with E-state index in [9.17, 15) is 9.50 Å². The van der Waals surface area contributed by atoms with E-state index < -0.39 is 0 Å². The lowest BCUT2D eigenvalue weighted by atomic mass is 10.2. The Morgan fingerprint density at radius 3 is 2.65 bits per heavy atom. The maximum Gasteiger partial charge on any atom is 0.247 e. The van der Waals surface area contributed by atoms with Crippen LogP contribution in [0.3, 0.4) is 0 Å². The number of halogens is 1. The average molecular weight is 279 g/mol. The molecular formula is C14H18FN3O2. The maximum absolute atomic E-state index is 12.8. The van der Waals surface area contributed by atoms with Gasteiger partial charge in [-0.3, -0.25) is 4.90 Å². The van der Waals surface area contributed by atoms with Crippen molar-refractivity contribution in [3.8, 4) is 11.5 Å². The fourth-order valence-corrected chi connectivity index (χ4v) is 1.74. The summed E-state index contributed by atoms with van der Waals surface area (Å²) in [5.74, 6) is 0.577. The molecule has 6 heteroatoms. The molecule has 0 aliphatic rings. The van der Waals surface area contributed by atoms with Gasteiger partial charge in [0.1, 0.15) is 5.82 Å². The summed E-state index contributed by atoms with van der Waals surface area (Å²) < 4.78 is 18.4. The first-order valence-corrected chi connectivity index (χ1v) is 6.49. The Labute approximate surface area is 117 Å². The number of hydrogen-bond donors (Lipinski definition) is 1. The Hall–Kier alpha value is -1.79. The van der Waals surface area contributed by atoms with Crippen molar-refractivity contribution in [1.29, 1.82) is 0 Å². The zero-order valence-corrected chi connectivity index (χ0v) is 11.6. The molecule has 1 heterocycles. The molecule has 0 bridgehead atoms. The van der Waals surface area contributed by atoms with Crippen LogP contribution in [0.2, 0.25) is 0 Å². The molecule has 2 aromatic rings. The monoisotopic (exact) mass is 279 g/mol. The summed E-state index contributed by atoms with van der Waals surface area (Å²) in [6.07, 6.45) is 0.366. The van der Waals surface area contributed by atoms with Gasteiger partial charge in [0.15, 0.2) is 0 Å². The highest BCUT2D eigenvalue weighted by Gasteiger charge is 2.11. The van der Waals surface area contributed by atoms with Crippen LogP contribution in [0.1, 0.15) is 19.2 Å². The summed E-state index contributed by atoms with van der Waals surface area (Å²) in [5.41, 5.74) is 0.691. The Morgan fingerprint density at radius 2 is 2.00 bits per heavy atom. The van der Waals surface area contributed by atoms with Gasteiger partial charge in [-0.15, -0.1) is 10.2 Å². The van der Waals surface area contributed by atoms with Crippen LogP contribution in [0.4, 0.5) is 4.39 Å². The molecule has 1 aromatic carbocycles. The third-order valence-electron chi connectivity index (χ3n) is 2.89. The highest BCUT2D eigenvalue weighted by atomic mass is 19.1. The lowest BCUT2D eigenvalue weighted by Crippen LogP contribution is -2.22. The molecule has 1 atom stereocenters. The van der Waals surface area contributed by atoms with Crippen LogP contribution < -0.4 is 0 Å². The Balaban J connectivity index is 1.96. The maximum atomic E-state index is 12.8. The van der Waals surface area contributed by atoms with Crippen molar-refractivity contribution in [3.63, 3.8) is 0 Å². The number of nitrogens with zero attached hydrogens (tertiary/aromatic N) is 3. The number of aromatic nitrogens is 2. The van der Waals surface area contributed by atoms with Gasteiger partial charge in [0.05, 0.1) is 12.6 Å². The van der Waals surface area contributed by atoms with E-state index in [4.69, 9.17) is 4.42 Å². The highest BCUT2D eigenvalue weighted by Crippen LogP contribution is 2.18. The lowest BCUT2D eigenvalue weighted by molar-refractivity contribution is 0.159. The molecular weight excluding hydrogens is 261 g/mol. The van der Waals surface area contributed by atoms with Gasteiger partial charge < -0.3 is 9.52 Å². The summed E-state index contributed by atoms with van der Waals surface area (Å²) in [4.78, 5) is 1.99. The fraction of sp³-hybridized carbons (Fsp3) is 0.429. The normalized spacial score (nSPS) is 12.8. The molecule has 1 aromatic heterocycles. The largest absolute Gasteiger partial charge is 0.419 e. The van der Waals surface area contributed by atoms with Crippen molar-refractivity contribution in [2.24, 2.45) is 0 Å². The number of benzene rings is 1. The number of aliphatic hydroxyl groups is 1. The van der Waals surface area contributed by atoms with Crippen molar-refractivity contribution in [2.75, 3.05) is 13.6 Å². The third kappa shape index (κ3) is 4.11. The minimum Gasteiger partial charge on any atom is -0.419 e. The first-order valence-electron chi connectivity index (χ1n) is 6.49. The van der Waals surface area contributed by atoms with Gasteiger partial charge in [-0.05, 0) is 44.7 Å². The van der Waals surface area contributed by atoms with Gasteiger partial charge in [0, 0.05) is 12.1 Å². The minimum atomic E-state index is -0.324. The molecule has 108 valence electrons. The topological polar surface area (TPSA) is 62.4 Å².